The van der Waals surface area contributed by atoms with Gasteiger partial charge in [-0.05, 0) is 18.2 Å². The van der Waals surface area contributed by atoms with Gasteiger partial charge in [0.25, 0.3) is 5.91 Å². The van der Waals surface area contributed by atoms with Gasteiger partial charge in [-0.3, -0.25) is 9.59 Å². The number of halogens is 4. The van der Waals surface area contributed by atoms with Gasteiger partial charge in [-0.2, -0.15) is 13.2 Å². The number of hydrogen-bond acceptors (Lipinski definition) is 3. The number of methoxy groups -OCH3 is 1. The zero-order valence-electron chi connectivity index (χ0n) is 12.2. The molecule has 0 N–H and O–H groups in total. The van der Waals surface area contributed by atoms with Gasteiger partial charge in [0, 0.05) is 31.2 Å². The second-order valence-electron chi connectivity index (χ2n) is 4.93. The Balaban J connectivity index is 2.07. The van der Waals surface area contributed by atoms with Crippen molar-refractivity contribution >= 4 is 23.4 Å². The number of rotatable bonds is 2. The Morgan fingerprint density at radius 3 is 2.22 bits per heavy atom. The van der Waals surface area contributed by atoms with E-state index in [2.05, 4.69) is 0 Å². The van der Waals surface area contributed by atoms with Gasteiger partial charge in [0.2, 0.25) is 0 Å². The van der Waals surface area contributed by atoms with Gasteiger partial charge >= 0.3 is 12.1 Å². The van der Waals surface area contributed by atoms with Gasteiger partial charge in [0.1, 0.15) is 5.75 Å². The highest BCUT2D eigenvalue weighted by atomic mass is 35.5. The van der Waals surface area contributed by atoms with Crippen LogP contribution < -0.4 is 4.74 Å². The van der Waals surface area contributed by atoms with Crippen LogP contribution in [-0.4, -0.2) is 61.1 Å². The molecule has 0 aromatic heterocycles. The maximum Gasteiger partial charge on any atom is 0.471 e. The molecule has 0 spiro atoms. The molecule has 1 heterocycles. The highest BCUT2D eigenvalue weighted by Crippen LogP contribution is 2.25. The number of hydrogen-bond donors (Lipinski definition) is 0. The topological polar surface area (TPSA) is 49.9 Å². The summed E-state index contributed by atoms with van der Waals surface area (Å²) in [5.41, 5.74) is 0.232. The summed E-state index contributed by atoms with van der Waals surface area (Å²) in [4.78, 5) is 25.7. The molecule has 1 fully saturated rings. The Bertz CT molecular complexity index is 614. The van der Waals surface area contributed by atoms with Crippen molar-refractivity contribution < 1.29 is 27.5 Å². The molecule has 1 aromatic rings. The fraction of sp³-hybridized carbons (Fsp3) is 0.429. The summed E-state index contributed by atoms with van der Waals surface area (Å²) in [6, 6.07) is 4.55. The van der Waals surface area contributed by atoms with Crippen molar-refractivity contribution in [1.82, 2.24) is 9.80 Å². The molecule has 0 unspecified atom stereocenters. The molecule has 0 radical (unpaired) electrons. The van der Waals surface area contributed by atoms with E-state index in [9.17, 15) is 22.8 Å². The molecule has 2 amide bonds. The van der Waals surface area contributed by atoms with Crippen molar-refractivity contribution in [2.45, 2.75) is 6.18 Å². The maximum atomic E-state index is 12.5. The monoisotopic (exact) mass is 350 g/mol. The normalized spacial score (nSPS) is 15.5. The van der Waals surface area contributed by atoms with Gasteiger partial charge in [0.15, 0.2) is 0 Å². The van der Waals surface area contributed by atoms with Crippen LogP contribution >= 0.6 is 11.6 Å². The number of carbonyl (C=O) groups excluding carboxylic acids is 2. The van der Waals surface area contributed by atoms with E-state index in [1.54, 1.807) is 12.1 Å². The molecule has 9 heteroatoms. The molecule has 0 aliphatic carbocycles. The van der Waals surface area contributed by atoms with Gasteiger partial charge in [-0.25, -0.2) is 0 Å². The van der Waals surface area contributed by atoms with Crippen molar-refractivity contribution in [2.75, 3.05) is 33.3 Å². The molecule has 126 valence electrons. The van der Waals surface area contributed by atoms with E-state index >= 15 is 0 Å². The van der Waals surface area contributed by atoms with Crippen LogP contribution in [0.2, 0.25) is 5.02 Å². The van der Waals surface area contributed by atoms with Crippen molar-refractivity contribution in [3.05, 3.63) is 28.8 Å². The molecular formula is C14H14ClF3N2O3. The lowest BCUT2D eigenvalue weighted by Gasteiger charge is -2.35. The number of benzene rings is 1. The third kappa shape index (κ3) is 3.87. The number of amides is 2. The van der Waals surface area contributed by atoms with Crippen LogP contribution in [0.1, 0.15) is 10.4 Å². The first-order valence-corrected chi connectivity index (χ1v) is 7.10. The van der Waals surface area contributed by atoms with Crippen LogP contribution in [0, 0.1) is 0 Å². The molecule has 1 saturated heterocycles. The summed E-state index contributed by atoms with van der Waals surface area (Å²) < 4.78 is 42.3. The standard InChI is InChI=1S/C14H14ClF3N2O3/c1-23-11-3-2-9(15)8-10(11)12(21)19-4-6-20(7-5-19)13(22)14(16,17)18/h2-3,8H,4-7H2,1H3. The van der Waals surface area contributed by atoms with Crippen LogP contribution in [0.15, 0.2) is 18.2 Å². The van der Waals surface area contributed by atoms with E-state index in [0.717, 1.165) is 0 Å². The zero-order valence-corrected chi connectivity index (χ0v) is 12.9. The molecule has 1 aliphatic rings. The van der Waals surface area contributed by atoms with Crippen LogP contribution in [-0.2, 0) is 4.79 Å². The summed E-state index contributed by atoms with van der Waals surface area (Å²) in [6.45, 7) is -0.327. The molecule has 2 rings (SSSR count). The first-order valence-electron chi connectivity index (χ1n) is 6.73. The van der Waals surface area contributed by atoms with Crippen molar-refractivity contribution in [3.63, 3.8) is 0 Å². The second-order valence-corrected chi connectivity index (χ2v) is 5.36. The van der Waals surface area contributed by atoms with Gasteiger partial charge in [-0.15, -0.1) is 0 Å². The van der Waals surface area contributed by atoms with Crippen LogP contribution in [0.25, 0.3) is 0 Å². The van der Waals surface area contributed by atoms with Crippen LogP contribution in [0.3, 0.4) is 0 Å². The molecule has 23 heavy (non-hydrogen) atoms. The number of alkyl halides is 3. The van der Waals surface area contributed by atoms with E-state index in [-0.39, 0.29) is 31.7 Å². The third-order valence-electron chi connectivity index (χ3n) is 3.49. The number of carbonyl (C=O) groups is 2. The largest absolute Gasteiger partial charge is 0.496 e. The smallest absolute Gasteiger partial charge is 0.471 e. The lowest BCUT2D eigenvalue weighted by Crippen LogP contribution is -2.53. The summed E-state index contributed by atoms with van der Waals surface area (Å²) >= 11 is 5.87. The Hall–Kier alpha value is -1.96. The number of piperazine rings is 1. The Morgan fingerprint density at radius 2 is 1.70 bits per heavy atom. The third-order valence-corrected chi connectivity index (χ3v) is 3.72. The average molecular weight is 351 g/mol. The Morgan fingerprint density at radius 1 is 1.13 bits per heavy atom. The Labute approximate surface area is 135 Å². The maximum absolute atomic E-state index is 12.5. The molecule has 5 nitrogen and oxygen atoms in total. The SMILES string of the molecule is COc1ccc(Cl)cc1C(=O)N1CCN(C(=O)C(F)(F)F)CC1. The zero-order chi connectivity index (χ0) is 17.2. The lowest BCUT2D eigenvalue weighted by molar-refractivity contribution is -0.186. The minimum atomic E-state index is -4.90. The van der Waals surface area contributed by atoms with Crippen molar-refractivity contribution in [1.29, 1.82) is 0 Å². The highest BCUT2D eigenvalue weighted by molar-refractivity contribution is 6.31. The van der Waals surface area contributed by atoms with Crippen LogP contribution in [0.4, 0.5) is 13.2 Å². The van der Waals surface area contributed by atoms with Crippen molar-refractivity contribution in [3.8, 4) is 5.75 Å². The minimum Gasteiger partial charge on any atom is -0.496 e. The summed E-state index contributed by atoms with van der Waals surface area (Å²) in [6.07, 6.45) is -4.90. The number of ether oxygens (including phenoxy) is 1. The van der Waals surface area contributed by atoms with E-state index in [0.29, 0.717) is 15.7 Å². The minimum absolute atomic E-state index is 0.0102. The predicted molar refractivity (Wildman–Crippen MR) is 76.5 cm³/mol. The van der Waals surface area contributed by atoms with E-state index in [1.165, 1.54) is 18.1 Å². The van der Waals surface area contributed by atoms with Gasteiger partial charge in [0.05, 0.1) is 12.7 Å². The molecular weight excluding hydrogens is 337 g/mol. The average Bonchev–Trinajstić information content (AvgIpc) is 2.52. The van der Waals surface area contributed by atoms with E-state index < -0.39 is 18.0 Å². The molecule has 0 saturated carbocycles. The van der Waals surface area contributed by atoms with E-state index in [4.69, 9.17) is 16.3 Å². The quantitative estimate of drug-likeness (QED) is 0.821. The molecule has 0 bridgehead atoms. The summed E-state index contributed by atoms with van der Waals surface area (Å²) in [7, 11) is 1.40. The summed E-state index contributed by atoms with van der Waals surface area (Å²) in [5.74, 6) is -1.96. The first kappa shape index (κ1) is 17.4. The Kier molecular flexibility index (Phi) is 5.03. The molecule has 0 atom stereocenters. The van der Waals surface area contributed by atoms with Gasteiger partial charge in [-0.1, -0.05) is 11.6 Å². The highest BCUT2D eigenvalue weighted by Gasteiger charge is 2.43. The lowest BCUT2D eigenvalue weighted by atomic mass is 10.1. The van der Waals surface area contributed by atoms with E-state index in [1.807, 2.05) is 0 Å². The predicted octanol–water partition coefficient (Wildman–Crippen LogP) is 2.20. The fourth-order valence-electron chi connectivity index (χ4n) is 2.31. The fourth-order valence-corrected chi connectivity index (χ4v) is 2.48. The van der Waals surface area contributed by atoms with Crippen molar-refractivity contribution in [2.24, 2.45) is 0 Å². The van der Waals surface area contributed by atoms with Crippen LogP contribution in [0.5, 0.6) is 5.75 Å². The summed E-state index contributed by atoms with van der Waals surface area (Å²) in [5, 5.41) is 0.347. The van der Waals surface area contributed by atoms with Gasteiger partial charge < -0.3 is 14.5 Å². The molecule has 1 aliphatic heterocycles. The second kappa shape index (κ2) is 6.66. The first-order chi connectivity index (χ1) is 10.7. The molecule has 1 aromatic carbocycles. The number of nitrogens with zero attached hydrogens (tertiary/aromatic N) is 2.